The van der Waals surface area contributed by atoms with E-state index in [0.717, 1.165) is 31.6 Å². The molecule has 1 aromatic heterocycles. The van der Waals surface area contributed by atoms with E-state index < -0.39 is 0 Å². The number of hydrogen-bond acceptors (Lipinski definition) is 3. The van der Waals surface area contributed by atoms with Crippen molar-refractivity contribution in [2.45, 2.75) is 19.3 Å². The third kappa shape index (κ3) is 4.62. The Morgan fingerprint density at radius 1 is 1.16 bits per heavy atom. The molecule has 2 aromatic rings. The fraction of sp³-hybridized carbons (Fsp3) is 0.438. The van der Waals surface area contributed by atoms with Gasteiger partial charge in [0.1, 0.15) is 0 Å². The number of methoxy groups -OCH3 is 1. The van der Waals surface area contributed by atoms with Crippen molar-refractivity contribution in [3.8, 4) is 0 Å². The monoisotopic (exact) mass is 258 g/mol. The summed E-state index contributed by atoms with van der Waals surface area (Å²) in [7, 11) is 1.73. The van der Waals surface area contributed by atoms with Crippen molar-refractivity contribution in [2.24, 2.45) is 0 Å². The van der Waals surface area contributed by atoms with Gasteiger partial charge in [0.05, 0.1) is 12.1 Å². The number of benzene rings is 1. The van der Waals surface area contributed by atoms with Gasteiger partial charge in [0.25, 0.3) is 0 Å². The second-order valence-electron chi connectivity index (χ2n) is 4.73. The summed E-state index contributed by atoms with van der Waals surface area (Å²) >= 11 is 0. The Kier molecular flexibility index (Phi) is 5.79. The molecule has 19 heavy (non-hydrogen) atoms. The van der Waals surface area contributed by atoms with Crippen LogP contribution in [0.5, 0.6) is 0 Å². The number of aryl methyl sites for hydroxylation is 1. The Hall–Kier alpha value is -1.45. The molecule has 0 spiro atoms. The van der Waals surface area contributed by atoms with Crippen LogP contribution in [0.2, 0.25) is 0 Å². The molecule has 1 aromatic carbocycles. The van der Waals surface area contributed by atoms with E-state index >= 15 is 0 Å². The Morgan fingerprint density at radius 2 is 2.11 bits per heavy atom. The zero-order chi connectivity index (χ0) is 13.3. The van der Waals surface area contributed by atoms with E-state index in [1.807, 2.05) is 12.3 Å². The molecule has 1 N–H and O–H groups in total. The maximum atomic E-state index is 4.99. The summed E-state index contributed by atoms with van der Waals surface area (Å²) < 4.78 is 4.99. The second-order valence-corrected chi connectivity index (χ2v) is 4.73. The molecule has 0 amide bonds. The molecule has 0 aliphatic heterocycles. The molecule has 0 fully saturated rings. The Bertz CT molecular complexity index is 499. The number of fused-ring (bicyclic) bond motifs is 1. The molecule has 0 radical (unpaired) electrons. The van der Waals surface area contributed by atoms with E-state index in [0.29, 0.717) is 0 Å². The van der Waals surface area contributed by atoms with Gasteiger partial charge in [-0.3, -0.25) is 4.98 Å². The van der Waals surface area contributed by atoms with Gasteiger partial charge < -0.3 is 10.1 Å². The summed E-state index contributed by atoms with van der Waals surface area (Å²) in [6.07, 6.45) is 5.39. The van der Waals surface area contributed by atoms with Crippen LogP contribution in [-0.2, 0) is 11.2 Å². The molecule has 0 aliphatic carbocycles. The van der Waals surface area contributed by atoms with Gasteiger partial charge in [0.2, 0.25) is 0 Å². The van der Waals surface area contributed by atoms with Crippen LogP contribution in [0.3, 0.4) is 0 Å². The average molecular weight is 258 g/mol. The van der Waals surface area contributed by atoms with Crippen molar-refractivity contribution < 1.29 is 4.74 Å². The summed E-state index contributed by atoms with van der Waals surface area (Å²) in [5.41, 5.74) is 2.48. The predicted molar refractivity (Wildman–Crippen MR) is 79.4 cm³/mol. The molecule has 3 nitrogen and oxygen atoms in total. The average Bonchev–Trinajstić information content (AvgIpc) is 2.46. The highest BCUT2D eigenvalue weighted by Crippen LogP contribution is 2.14. The molecule has 3 heteroatoms. The molecule has 1 heterocycles. The summed E-state index contributed by atoms with van der Waals surface area (Å²) in [4.78, 5) is 4.34. The standard InChI is InChI=1S/C16H22N2O/c1-19-12-11-17-9-3-2-5-14-7-8-16-15(13-14)6-4-10-18-16/h4,6-8,10,13,17H,2-3,5,9,11-12H2,1H3. The predicted octanol–water partition coefficient (Wildman–Crippen LogP) is 2.79. The van der Waals surface area contributed by atoms with E-state index in [1.54, 1.807) is 7.11 Å². The molecule has 0 atom stereocenters. The lowest BCUT2D eigenvalue weighted by Crippen LogP contribution is -2.20. The zero-order valence-electron chi connectivity index (χ0n) is 11.6. The van der Waals surface area contributed by atoms with Crippen molar-refractivity contribution in [3.05, 3.63) is 42.1 Å². The van der Waals surface area contributed by atoms with Crippen molar-refractivity contribution >= 4 is 10.9 Å². The molecule has 0 unspecified atom stereocenters. The van der Waals surface area contributed by atoms with Crippen LogP contribution in [-0.4, -0.2) is 31.8 Å². The number of nitrogens with zero attached hydrogens (tertiary/aromatic N) is 1. The van der Waals surface area contributed by atoms with E-state index in [9.17, 15) is 0 Å². The van der Waals surface area contributed by atoms with Gasteiger partial charge >= 0.3 is 0 Å². The molecule has 2 rings (SSSR count). The smallest absolute Gasteiger partial charge is 0.0702 e. The number of unbranched alkanes of at least 4 members (excludes halogenated alkanes) is 1. The second kappa shape index (κ2) is 7.87. The lowest BCUT2D eigenvalue weighted by atomic mass is 10.1. The number of aromatic nitrogens is 1. The lowest BCUT2D eigenvalue weighted by Gasteiger charge is -2.05. The molecule has 0 bridgehead atoms. The Balaban J connectivity index is 1.72. The normalized spacial score (nSPS) is 11.0. The SMILES string of the molecule is COCCNCCCCc1ccc2ncccc2c1. The highest BCUT2D eigenvalue weighted by molar-refractivity contribution is 5.78. The maximum Gasteiger partial charge on any atom is 0.0702 e. The van der Waals surface area contributed by atoms with Crippen LogP contribution in [0.4, 0.5) is 0 Å². The highest BCUT2D eigenvalue weighted by Gasteiger charge is 1.97. The van der Waals surface area contributed by atoms with Crippen molar-refractivity contribution in [3.63, 3.8) is 0 Å². The first-order valence-corrected chi connectivity index (χ1v) is 6.93. The maximum absolute atomic E-state index is 4.99. The minimum Gasteiger partial charge on any atom is -0.383 e. The minimum absolute atomic E-state index is 0.789. The molecular formula is C16H22N2O. The fourth-order valence-electron chi connectivity index (χ4n) is 2.16. The molecule has 0 saturated carbocycles. The van der Waals surface area contributed by atoms with Gasteiger partial charge in [-0.05, 0) is 49.6 Å². The van der Waals surface area contributed by atoms with Crippen LogP contribution < -0.4 is 5.32 Å². The van der Waals surface area contributed by atoms with Gasteiger partial charge in [-0.25, -0.2) is 0 Å². The third-order valence-electron chi connectivity index (χ3n) is 3.22. The first-order chi connectivity index (χ1) is 9.40. The number of rotatable bonds is 8. The molecule has 102 valence electrons. The van der Waals surface area contributed by atoms with Crippen LogP contribution in [0, 0.1) is 0 Å². The summed E-state index contributed by atoms with van der Waals surface area (Å²) in [6, 6.07) is 10.7. The van der Waals surface area contributed by atoms with E-state index in [-0.39, 0.29) is 0 Å². The molecule has 0 aliphatic rings. The van der Waals surface area contributed by atoms with Gasteiger partial charge in [0.15, 0.2) is 0 Å². The van der Waals surface area contributed by atoms with Gasteiger partial charge in [-0.2, -0.15) is 0 Å². The summed E-state index contributed by atoms with van der Waals surface area (Å²) in [5.74, 6) is 0. The Morgan fingerprint density at radius 3 is 3.00 bits per heavy atom. The van der Waals surface area contributed by atoms with Gasteiger partial charge in [-0.15, -0.1) is 0 Å². The molecule has 0 saturated heterocycles. The Labute approximate surface area is 115 Å². The van der Waals surface area contributed by atoms with Crippen LogP contribution in [0.1, 0.15) is 18.4 Å². The number of nitrogens with one attached hydrogen (secondary N) is 1. The number of hydrogen-bond donors (Lipinski definition) is 1. The van der Waals surface area contributed by atoms with Gasteiger partial charge in [-0.1, -0.05) is 12.1 Å². The topological polar surface area (TPSA) is 34.1 Å². The fourth-order valence-corrected chi connectivity index (χ4v) is 2.16. The van der Waals surface area contributed by atoms with Crippen molar-refractivity contribution in [2.75, 3.05) is 26.8 Å². The molecular weight excluding hydrogens is 236 g/mol. The first kappa shape index (κ1) is 14.0. The summed E-state index contributed by atoms with van der Waals surface area (Å²) in [5, 5.41) is 4.60. The largest absolute Gasteiger partial charge is 0.383 e. The third-order valence-corrected chi connectivity index (χ3v) is 3.22. The van der Waals surface area contributed by atoms with Crippen molar-refractivity contribution in [1.82, 2.24) is 10.3 Å². The zero-order valence-corrected chi connectivity index (χ0v) is 11.6. The van der Waals surface area contributed by atoms with E-state index in [2.05, 4.69) is 34.6 Å². The van der Waals surface area contributed by atoms with Crippen LogP contribution >= 0.6 is 0 Å². The number of pyridine rings is 1. The summed E-state index contributed by atoms with van der Waals surface area (Å²) in [6.45, 7) is 2.80. The quantitative estimate of drug-likeness (QED) is 0.739. The lowest BCUT2D eigenvalue weighted by molar-refractivity contribution is 0.199. The number of ether oxygens (including phenoxy) is 1. The van der Waals surface area contributed by atoms with Gasteiger partial charge in [0, 0.05) is 25.2 Å². The first-order valence-electron chi connectivity index (χ1n) is 6.93. The highest BCUT2D eigenvalue weighted by atomic mass is 16.5. The van der Waals surface area contributed by atoms with E-state index in [1.165, 1.54) is 23.8 Å². The van der Waals surface area contributed by atoms with Crippen molar-refractivity contribution in [1.29, 1.82) is 0 Å². The van der Waals surface area contributed by atoms with Crippen LogP contribution in [0.25, 0.3) is 10.9 Å². The van der Waals surface area contributed by atoms with Crippen LogP contribution in [0.15, 0.2) is 36.5 Å². The van der Waals surface area contributed by atoms with E-state index in [4.69, 9.17) is 4.74 Å². The minimum atomic E-state index is 0.789.